The van der Waals surface area contributed by atoms with Crippen molar-refractivity contribution in [2.45, 2.75) is 6.92 Å². The van der Waals surface area contributed by atoms with Crippen LogP contribution in [0.5, 0.6) is 0 Å². The monoisotopic (exact) mass is 523 g/mol. The molecule has 0 aliphatic heterocycles. The number of rotatable bonds is 0. The minimum atomic E-state index is 0.196. The zero-order valence-corrected chi connectivity index (χ0v) is 20.9. The summed E-state index contributed by atoms with van der Waals surface area (Å²) in [5.41, 5.74) is 5.17. The first-order valence-corrected chi connectivity index (χ1v) is 12.0. The molecule has 0 unspecified atom stereocenters. The molecule has 41 heavy (non-hydrogen) atoms. The topological polar surface area (TPSA) is 157 Å². The second kappa shape index (κ2) is 8.32. The smallest absolute Gasteiger partial charge is 0.214 e. The van der Waals surface area contributed by atoms with E-state index in [1.54, 1.807) is 12.1 Å². The van der Waals surface area contributed by atoms with Crippen LogP contribution in [-0.2, 0) is 0 Å². The third kappa shape index (κ3) is 3.08. The van der Waals surface area contributed by atoms with E-state index in [1.165, 1.54) is 24.3 Å². The van der Waals surface area contributed by atoms with E-state index < -0.39 is 0 Å². The molecule has 0 aliphatic rings. The number of aryl methyl sites for hydroxylation is 1. The van der Waals surface area contributed by atoms with Crippen LogP contribution in [0.15, 0.2) is 36.4 Å². The van der Waals surface area contributed by atoms with Gasteiger partial charge in [-0.3, -0.25) is 9.97 Å². The second-order valence-electron chi connectivity index (χ2n) is 9.11. The Morgan fingerprint density at radius 1 is 0.463 bits per heavy atom. The highest BCUT2D eigenvalue weighted by atomic mass is 14.9. The Morgan fingerprint density at radius 3 is 1.20 bits per heavy atom. The molecule has 0 aliphatic carbocycles. The molecule has 0 saturated carbocycles. The van der Waals surface area contributed by atoms with Crippen molar-refractivity contribution in [3.8, 4) is 18.2 Å². The number of fused-ring (bicyclic) bond motifs is 9. The van der Waals surface area contributed by atoms with Gasteiger partial charge in [-0.15, -0.1) is 0 Å². The lowest BCUT2D eigenvalue weighted by Crippen LogP contribution is -2.01. The lowest BCUT2D eigenvalue weighted by Gasteiger charge is -2.12. The maximum atomic E-state index is 9.79. The molecule has 0 atom stereocenters. The SMILES string of the molecule is [C-]#[N+]c1ccc(C)c2nc3c4nc5c(C#N)ccc([N+]#[C-])c5nc4c4nc5c(C#N)ccc(C#N)c5nc4c3nc12. The molecular formula is C30H9N11. The maximum Gasteiger partial charge on any atom is 0.214 e. The van der Waals surface area contributed by atoms with Gasteiger partial charge in [0.2, 0.25) is 11.4 Å². The quantitative estimate of drug-likeness (QED) is 0.132. The molecule has 3 heterocycles. The molecule has 0 spiro atoms. The fourth-order valence-electron chi connectivity index (χ4n) is 4.95. The van der Waals surface area contributed by atoms with Gasteiger partial charge in [0.25, 0.3) is 0 Å². The Balaban J connectivity index is 1.85. The molecule has 7 rings (SSSR count). The average Bonchev–Trinajstić information content (AvgIpc) is 3.01. The number of aromatic nitrogens is 6. The highest BCUT2D eigenvalue weighted by Crippen LogP contribution is 2.37. The van der Waals surface area contributed by atoms with Gasteiger partial charge < -0.3 is 0 Å². The molecule has 11 nitrogen and oxygen atoms in total. The number of benzene rings is 4. The van der Waals surface area contributed by atoms with Crippen LogP contribution in [0.1, 0.15) is 22.3 Å². The minimum Gasteiger partial charge on any atom is -0.254 e. The molecule has 0 N–H and O–H groups in total. The first kappa shape index (κ1) is 23.3. The van der Waals surface area contributed by atoms with Gasteiger partial charge in [-0.25, -0.2) is 29.6 Å². The first-order valence-electron chi connectivity index (χ1n) is 12.0. The molecule has 0 amide bonds. The van der Waals surface area contributed by atoms with Crippen molar-refractivity contribution < 1.29 is 0 Å². The van der Waals surface area contributed by atoms with Crippen LogP contribution < -0.4 is 0 Å². The number of nitrogens with zero attached hydrogens (tertiary/aromatic N) is 11. The van der Waals surface area contributed by atoms with Gasteiger partial charge in [-0.1, -0.05) is 24.3 Å². The minimum absolute atomic E-state index is 0.196. The Hall–Kier alpha value is -6.87. The van der Waals surface area contributed by atoms with Gasteiger partial charge in [-0.05, 0) is 24.6 Å². The van der Waals surface area contributed by atoms with E-state index >= 15 is 0 Å². The molecule has 11 heteroatoms. The highest BCUT2D eigenvalue weighted by Gasteiger charge is 2.23. The standard InChI is InChI=1S/C30H9N11/c1-13-4-8-17(34-2)23-19(13)36-25-26-30(41-24-18(35-3)9-7-16(12-33)22(24)39-26)28-27(29(25)40-23)37-20-14(10-31)5-6-15(11-32)21(20)38-28/h4-9H,1H3. The molecule has 0 saturated heterocycles. The summed E-state index contributed by atoms with van der Waals surface area (Å²) in [6.07, 6.45) is 0. The average molecular weight is 523 g/mol. The van der Waals surface area contributed by atoms with E-state index in [1.807, 2.05) is 6.92 Å². The van der Waals surface area contributed by atoms with Crippen LogP contribution in [-0.4, -0.2) is 29.9 Å². The van der Waals surface area contributed by atoms with Gasteiger partial charge in [0, 0.05) is 0 Å². The van der Waals surface area contributed by atoms with Crippen LogP contribution in [0.4, 0.5) is 11.4 Å². The Kier molecular flexibility index (Phi) is 4.72. The summed E-state index contributed by atoms with van der Waals surface area (Å²) < 4.78 is 0. The van der Waals surface area contributed by atoms with E-state index in [0.717, 1.165) is 5.56 Å². The molecular weight excluding hydrogens is 514 g/mol. The van der Waals surface area contributed by atoms with Crippen LogP contribution in [0.25, 0.3) is 75.9 Å². The summed E-state index contributed by atoms with van der Waals surface area (Å²) in [6, 6.07) is 15.8. The van der Waals surface area contributed by atoms with Crippen LogP contribution in [0, 0.1) is 54.1 Å². The van der Waals surface area contributed by atoms with Crippen molar-refractivity contribution >= 4 is 77.6 Å². The zero-order valence-electron chi connectivity index (χ0n) is 20.9. The summed E-state index contributed by atoms with van der Waals surface area (Å²) in [6.45, 7) is 17.2. The Morgan fingerprint density at radius 2 is 0.780 bits per heavy atom. The summed E-state index contributed by atoms with van der Waals surface area (Å²) in [4.78, 5) is 36.0. The molecule has 0 fully saturated rings. The van der Waals surface area contributed by atoms with Gasteiger partial charge in [0.05, 0.1) is 51.9 Å². The Bertz CT molecular complexity index is 2540. The van der Waals surface area contributed by atoms with Crippen molar-refractivity contribution in [1.82, 2.24) is 29.9 Å². The molecule has 0 bridgehead atoms. The van der Waals surface area contributed by atoms with Gasteiger partial charge in [0.1, 0.15) is 62.3 Å². The lowest BCUT2D eigenvalue weighted by atomic mass is 10.1. The van der Waals surface area contributed by atoms with Gasteiger partial charge in [-0.2, -0.15) is 15.8 Å². The van der Waals surface area contributed by atoms with Crippen molar-refractivity contribution in [2.24, 2.45) is 0 Å². The molecule has 184 valence electrons. The molecule has 0 radical (unpaired) electrons. The second-order valence-corrected chi connectivity index (χ2v) is 9.11. The lowest BCUT2D eigenvalue weighted by molar-refractivity contribution is 1.32. The zero-order chi connectivity index (χ0) is 28.4. The molecule has 3 aromatic heterocycles. The fraction of sp³-hybridized carbons (Fsp3) is 0.0333. The van der Waals surface area contributed by atoms with Crippen molar-refractivity contribution in [3.05, 3.63) is 81.5 Å². The van der Waals surface area contributed by atoms with Gasteiger partial charge >= 0.3 is 0 Å². The number of nitriles is 3. The predicted octanol–water partition coefficient (Wildman–Crippen LogP) is 6.00. The summed E-state index contributed by atoms with van der Waals surface area (Å²) in [5, 5.41) is 29.4. The van der Waals surface area contributed by atoms with E-state index in [4.69, 9.17) is 43.0 Å². The third-order valence-corrected chi connectivity index (χ3v) is 6.90. The third-order valence-electron chi connectivity index (χ3n) is 6.90. The van der Waals surface area contributed by atoms with E-state index in [9.17, 15) is 15.8 Å². The highest BCUT2D eigenvalue weighted by molar-refractivity contribution is 6.22. The van der Waals surface area contributed by atoms with Crippen molar-refractivity contribution in [3.63, 3.8) is 0 Å². The first-order chi connectivity index (χ1) is 20.0. The summed E-state index contributed by atoms with van der Waals surface area (Å²) >= 11 is 0. The number of hydrogen-bond donors (Lipinski definition) is 0. The normalized spacial score (nSPS) is 10.9. The van der Waals surface area contributed by atoms with Crippen molar-refractivity contribution in [1.29, 1.82) is 15.8 Å². The van der Waals surface area contributed by atoms with Crippen LogP contribution in [0.2, 0.25) is 0 Å². The number of hydrogen-bond acceptors (Lipinski definition) is 9. The molecule has 7 aromatic rings. The summed E-state index contributed by atoms with van der Waals surface area (Å²) in [5.74, 6) is 0. The van der Waals surface area contributed by atoms with Gasteiger partial charge in [0.15, 0.2) is 0 Å². The van der Waals surface area contributed by atoms with Crippen molar-refractivity contribution in [2.75, 3.05) is 0 Å². The predicted molar refractivity (Wildman–Crippen MR) is 150 cm³/mol. The largest absolute Gasteiger partial charge is 0.254 e. The molecule has 4 aromatic carbocycles. The van der Waals surface area contributed by atoms with Crippen LogP contribution >= 0.6 is 0 Å². The van der Waals surface area contributed by atoms with E-state index in [2.05, 4.69) is 27.9 Å². The maximum absolute atomic E-state index is 9.79. The van der Waals surface area contributed by atoms with Crippen LogP contribution in [0.3, 0.4) is 0 Å². The Labute approximate surface area is 229 Å². The summed E-state index contributed by atoms with van der Waals surface area (Å²) in [7, 11) is 0. The fourth-order valence-corrected chi connectivity index (χ4v) is 4.95. The van der Waals surface area contributed by atoms with E-state index in [-0.39, 0.29) is 72.0 Å². The van der Waals surface area contributed by atoms with E-state index in [0.29, 0.717) is 22.2 Å².